The number of benzene rings is 2. The van der Waals surface area contributed by atoms with Crippen molar-refractivity contribution in [1.29, 1.82) is 0 Å². The number of hydrogen-bond donors (Lipinski definition) is 4. The van der Waals surface area contributed by atoms with Crippen LogP contribution in [0.15, 0.2) is 89.0 Å². The van der Waals surface area contributed by atoms with E-state index < -0.39 is 18.1 Å². The molecule has 1 aliphatic carbocycles. The van der Waals surface area contributed by atoms with Gasteiger partial charge < -0.3 is 59.9 Å². The Balaban J connectivity index is 0.564. The highest BCUT2D eigenvalue weighted by Crippen LogP contribution is 2.41. The van der Waals surface area contributed by atoms with Crippen molar-refractivity contribution >= 4 is 46.2 Å². The molecule has 428 valence electrons. The summed E-state index contributed by atoms with van der Waals surface area (Å²) < 4.78 is 12.5. The number of carbonyl (C=O) groups is 2. The van der Waals surface area contributed by atoms with Crippen LogP contribution in [0.3, 0.4) is 0 Å². The van der Waals surface area contributed by atoms with E-state index in [-0.39, 0.29) is 48.6 Å². The van der Waals surface area contributed by atoms with Gasteiger partial charge in [-0.2, -0.15) is 0 Å². The summed E-state index contributed by atoms with van der Waals surface area (Å²) in [6.07, 6.45) is 7.86. The lowest BCUT2D eigenvalue weighted by Gasteiger charge is -2.44. The number of aliphatic hydroxyl groups excluding tert-OH is 1. The van der Waals surface area contributed by atoms with Crippen LogP contribution in [-0.2, 0) is 9.59 Å². The molecule has 1 saturated carbocycles. The SMILES string of the molecule is Cc1ncsc1-c1ccc([C@H](C)NC(=O)[C@@H]2C[C@@H](O)CN2C(=O)[C@@H](c2cc(N3CCC(CN4CCN(CC5CC(Oc6cc(N7C8CC[C@@H]7CN(c7cc(-c9ccccc9O)nnc7N)C8)ccn6)C5)CC4)CC3)no2)C(C)C)cc1. The Kier molecular flexibility index (Phi) is 15.9. The number of nitrogen functional groups attached to an aromatic ring is 1. The predicted octanol–water partition coefficient (Wildman–Crippen LogP) is 7.37. The van der Waals surface area contributed by atoms with Gasteiger partial charge in [0.05, 0.1) is 39.6 Å². The average molecular weight is 1120 g/mol. The van der Waals surface area contributed by atoms with E-state index in [1.54, 1.807) is 28.4 Å². The quantitative estimate of drug-likeness (QED) is 0.0700. The molecular formula is C61H77N13O6S. The lowest BCUT2D eigenvalue weighted by atomic mass is 9.81. The topological polar surface area (TPSA) is 219 Å². The number of β-amino-alcohol motifs (C(OH)–C–C–N with tert-alkyl or cyclic N) is 1. The van der Waals surface area contributed by atoms with Crippen molar-refractivity contribution in [2.75, 3.05) is 92.4 Å². The highest BCUT2D eigenvalue weighted by Gasteiger charge is 2.45. The second kappa shape index (κ2) is 23.5. The molecule has 5 aliphatic heterocycles. The number of aromatic hydroxyl groups is 1. The third-order valence-corrected chi connectivity index (χ3v) is 19.1. The van der Waals surface area contributed by atoms with Crippen LogP contribution in [0.1, 0.15) is 94.7 Å². The monoisotopic (exact) mass is 1120 g/mol. The summed E-state index contributed by atoms with van der Waals surface area (Å²) in [5.74, 6) is 2.46. The number of aliphatic hydroxyl groups is 1. The van der Waals surface area contributed by atoms with Crippen molar-refractivity contribution in [1.82, 2.24) is 45.3 Å². The molecule has 2 amide bonds. The van der Waals surface area contributed by atoms with Gasteiger partial charge in [-0.25, -0.2) is 9.97 Å². The minimum atomic E-state index is -0.799. The number of nitrogens with one attached hydrogen (secondary N) is 1. The number of nitrogens with zero attached hydrogens (tertiary/aromatic N) is 11. The number of para-hydroxylation sites is 1. The maximum absolute atomic E-state index is 14.4. The largest absolute Gasteiger partial charge is 0.507 e. The molecule has 6 aromatic rings. The van der Waals surface area contributed by atoms with Gasteiger partial charge in [-0.1, -0.05) is 55.4 Å². The van der Waals surface area contributed by atoms with Gasteiger partial charge >= 0.3 is 0 Å². The Morgan fingerprint density at radius 3 is 2.23 bits per heavy atom. The first-order valence-electron chi connectivity index (χ1n) is 29.3. The van der Waals surface area contributed by atoms with E-state index in [4.69, 9.17) is 15.0 Å². The van der Waals surface area contributed by atoms with Crippen molar-refractivity contribution in [3.05, 3.63) is 102 Å². The van der Waals surface area contributed by atoms with E-state index in [0.29, 0.717) is 52.6 Å². The number of anilines is 4. The Morgan fingerprint density at radius 1 is 0.827 bits per heavy atom. The highest BCUT2D eigenvalue weighted by atomic mass is 32.1. The number of nitrogens with two attached hydrogens (primary N) is 1. The molecule has 0 spiro atoms. The zero-order valence-electron chi connectivity index (χ0n) is 47.0. The molecule has 12 rings (SSSR count). The Morgan fingerprint density at radius 2 is 1.54 bits per heavy atom. The number of aryl methyl sites for hydroxylation is 1. The number of piperidine rings is 1. The van der Waals surface area contributed by atoms with Gasteiger partial charge in [0, 0.05) is 120 Å². The minimum absolute atomic E-state index is 0.0888. The molecule has 19 nitrogen and oxygen atoms in total. The number of fused-ring (bicyclic) bond motifs is 2. The third kappa shape index (κ3) is 11.8. The molecule has 2 bridgehead atoms. The summed E-state index contributed by atoms with van der Waals surface area (Å²) in [4.78, 5) is 52.4. The number of amides is 2. The first kappa shape index (κ1) is 54.7. The van der Waals surface area contributed by atoms with E-state index in [1.807, 2.05) is 87.9 Å². The summed E-state index contributed by atoms with van der Waals surface area (Å²) in [5, 5.41) is 37.5. The molecule has 6 atom stereocenters. The van der Waals surface area contributed by atoms with Crippen LogP contribution in [0.2, 0.25) is 0 Å². The lowest BCUT2D eigenvalue weighted by Crippen LogP contribution is -2.54. The molecule has 0 radical (unpaired) electrons. The van der Waals surface area contributed by atoms with Gasteiger partial charge in [-0.05, 0) is 106 Å². The maximum atomic E-state index is 14.4. The molecule has 1 unspecified atom stereocenters. The number of aromatic nitrogens is 5. The van der Waals surface area contributed by atoms with Crippen LogP contribution in [-0.4, -0.2) is 164 Å². The van der Waals surface area contributed by atoms with E-state index in [1.165, 1.54) is 0 Å². The van der Waals surface area contributed by atoms with Crippen LogP contribution in [0.5, 0.6) is 11.6 Å². The highest BCUT2D eigenvalue weighted by molar-refractivity contribution is 7.13. The molecule has 6 fully saturated rings. The number of thiazole rings is 1. The first-order valence-corrected chi connectivity index (χ1v) is 30.2. The normalized spacial score (nSPS) is 24.4. The second-order valence-electron chi connectivity index (χ2n) is 24.0. The number of ether oxygens (including phenoxy) is 1. The van der Waals surface area contributed by atoms with Crippen LogP contribution < -0.4 is 30.5 Å². The number of hydrogen-bond acceptors (Lipinski definition) is 18. The van der Waals surface area contributed by atoms with Crippen LogP contribution in [0, 0.1) is 24.7 Å². The number of likely N-dealkylation sites (tertiary alicyclic amines) is 1. The van der Waals surface area contributed by atoms with Gasteiger partial charge in [-0.3, -0.25) is 9.59 Å². The van der Waals surface area contributed by atoms with Crippen molar-refractivity contribution in [3.8, 4) is 33.3 Å². The second-order valence-corrected chi connectivity index (χ2v) is 24.9. The van der Waals surface area contributed by atoms with Crippen molar-refractivity contribution < 1.29 is 29.1 Å². The lowest BCUT2D eigenvalue weighted by molar-refractivity contribution is -0.141. The van der Waals surface area contributed by atoms with Crippen molar-refractivity contribution in [2.24, 2.45) is 17.8 Å². The van der Waals surface area contributed by atoms with Gasteiger partial charge in [0.25, 0.3) is 0 Å². The fraction of sp³-hybridized carbons (Fsp3) is 0.525. The fourth-order valence-corrected chi connectivity index (χ4v) is 14.4. The zero-order chi connectivity index (χ0) is 55.9. The molecule has 81 heavy (non-hydrogen) atoms. The number of phenols is 1. The summed E-state index contributed by atoms with van der Waals surface area (Å²) in [6, 6.07) is 22.9. The van der Waals surface area contributed by atoms with Gasteiger partial charge in [0.15, 0.2) is 17.4 Å². The summed E-state index contributed by atoms with van der Waals surface area (Å²) in [6.45, 7) is 17.9. The molecule has 9 heterocycles. The number of pyridine rings is 1. The molecular weight excluding hydrogens is 1040 g/mol. The third-order valence-electron chi connectivity index (χ3n) is 18.1. The smallest absolute Gasteiger partial charge is 0.243 e. The standard InChI is InChI=1S/C61H77N13O6S/c1-37(2)57(61(78)73-35-47(75)28-52(73)60(77)65-38(3)42-9-11-43(12-10-42)58-39(4)64-36-81-58)54-30-55(68-80-54)71-19-16-40(17-20-71)31-69-21-23-70(24-22-69)32-41-25-48(26-41)79-56-27-44(15-18-63-56)74-45-13-14-46(74)34-72(33-45)51-29-50(66-67-59(51)62)49-7-5-6-8-53(49)76/h5-12,15,18,27,29-30,36-38,40-41,45-48,52,57,75-76H,13-14,16-17,19-26,28,31-35H2,1-4H3,(H2,62,67)(H,65,77)/t38-,41?,45+,46?,47+,48?,52-,57+/m0/s1. The number of rotatable bonds is 17. The number of piperazine rings is 2. The van der Waals surface area contributed by atoms with Crippen molar-refractivity contribution in [3.63, 3.8) is 0 Å². The van der Waals surface area contributed by atoms with Crippen LogP contribution in [0.25, 0.3) is 21.7 Å². The fourth-order valence-electron chi connectivity index (χ4n) is 13.6. The minimum Gasteiger partial charge on any atom is -0.507 e. The number of phenolic OH excluding ortho intramolecular Hbond substituents is 1. The summed E-state index contributed by atoms with van der Waals surface area (Å²) in [7, 11) is 0. The molecule has 20 heteroatoms. The Hall–Kier alpha value is -6.87. The van der Waals surface area contributed by atoms with E-state index in [2.05, 4.69) is 67.3 Å². The summed E-state index contributed by atoms with van der Waals surface area (Å²) in [5.41, 5.74) is 14.5. The van der Waals surface area contributed by atoms with Crippen LogP contribution >= 0.6 is 11.3 Å². The molecule has 5 N–H and O–H groups in total. The van der Waals surface area contributed by atoms with Gasteiger partial charge in [0.2, 0.25) is 17.7 Å². The van der Waals surface area contributed by atoms with E-state index >= 15 is 0 Å². The Bertz CT molecular complexity index is 3140. The molecule has 2 aromatic carbocycles. The molecule has 4 aromatic heterocycles. The average Bonchev–Trinajstić information content (AvgIpc) is 4.28. The van der Waals surface area contributed by atoms with Crippen LogP contribution in [0.4, 0.5) is 23.0 Å². The van der Waals surface area contributed by atoms with E-state index in [0.717, 1.165) is 143 Å². The Labute approximate surface area is 478 Å². The predicted molar refractivity (Wildman–Crippen MR) is 313 cm³/mol. The first-order chi connectivity index (χ1) is 39.3. The molecule has 5 saturated heterocycles. The summed E-state index contributed by atoms with van der Waals surface area (Å²) >= 11 is 1.60. The van der Waals surface area contributed by atoms with Gasteiger partial charge in [0.1, 0.15) is 23.8 Å². The molecule has 6 aliphatic rings. The van der Waals surface area contributed by atoms with E-state index in [9.17, 15) is 19.8 Å². The van der Waals surface area contributed by atoms with Crippen molar-refractivity contribution in [2.45, 2.75) is 115 Å². The number of carbonyl (C=O) groups excluding carboxylic acids is 2. The van der Waals surface area contributed by atoms with Gasteiger partial charge in [-0.15, -0.1) is 21.5 Å². The maximum Gasteiger partial charge on any atom is 0.243 e. The zero-order valence-corrected chi connectivity index (χ0v) is 47.8.